The van der Waals surface area contributed by atoms with Gasteiger partial charge in [-0.3, -0.25) is 10.1 Å². The summed E-state index contributed by atoms with van der Waals surface area (Å²) in [6.07, 6.45) is 5.37. The van der Waals surface area contributed by atoms with Crippen molar-refractivity contribution in [3.8, 4) is 0 Å². The number of halogens is 1. The Labute approximate surface area is 159 Å². The number of ether oxygens (including phenoxy) is 1. The molecule has 3 rings (SSSR count). The van der Waals surface area contributed by atoms with Crippen molar-refractivity contribution < 1.29 is 14.5 Å². The van der Waals surface area contributed by atoms with E-state index in [1.165, 1.54) is 35.8 Å². The fourth-order valence-electron chi connectivity index (χ4n) is 2.93. The average molecular weight is 393 g/mol. The quantitative estimate of drug-likeness (QED) is 0.306. The number of aliphatic imine (C=N–C) groups is 1. The lowest BCUT2D eigenvalue weighted by molar-refractivity contribution is -0.384. The van der Waals surface area contributed by atoms with Crippen molar-refractivity contribution in [3.05, 3.63) is 54.9 Å². The zero-order chi connectivity index (χ0) is 18.7. The van der Waals surface area contributed by atoms with Crippen molar-refractivity contribution >= 4 is 45.8 Å². The maximum atomic E-state index is 12.4. The lowest BCUT2D eigenvalue weighted by Crippen LogP contribution is -2.09. The van der Waals surface area contributed by atoms with Gasteiger partial charge >= 0.3 is 5.97 Å². The third-order valence-corrected chi connectivity index (χ3v) is 5.69. The van der Waals surface area contributed by atoms with Crippen molar-refractivity contribution in [3.63, 3.8) is 0 Å². The molecule has 1 aliphatic carbocycles. The number of nitro benzene ring substituents is 1. The van der Waals surface area contributed by atoms with Gasteiger partial charge in [0.15, 0.2) is 0 Å². The Balaban J connectivity index is 2.01. The van der Waals surface area contributed by atoms with E-state index < -0.39 is 4.92 Å². The maximum absolute atomic E-state index is 12.4. The molecular weight excluding hydrogens is 376 g/mol. The van der Waals surface area contributed by atoms with E-state index in [1.807, 2.05) is 0 Å². The van der Waals surface area contributed by atoms with Gasteiger partial charge in [0.25, 0.3) is 5.69 Å². The summed E-state index contributed by atoms with van der Waals surface area (Å²) in [5.74, 6) is -0.371. The molecule has 0 N–H and O–H groups in total. The average Bonchev–Trinajstić information content (AvgIpc) is 2.99. The highest BCUT2D eigenvalue weighted by Crippen LogP contribution is 2.40. The molecule has 0 amide bonds. The number of aryl methyl sites for hydroxylation is 1. The van der Waals surface area contributed by atoms with Crippen LogP contribution in [0.5, 0.6) is 0 Å². The number of hydrogen-bond donors (Lipinski definition) is 0. The van der Waals surface area contributed by atoms with E-state index in [-0.39, 0.29) is 11.7 Å². The molecule has 0 aliphatic heterocycles. The van der Waals surface area contributed by atoms with E-state index in [0.29, 0.717) is 27.8 Å². The monoisotopic (exact) mass is 392 g/mol. The molecule has 26 heavy (non-hydrogen) atoms. The summed E-state index contributed by atoms with van der Waals surface area (Å²) >= 11 is 7.59. The minimum atomic E-state index is -0.485. The van der Waals surface area contributed by atoms with Gasteiger partial charge in [0.2, 0.25) is 0 Å². The molecule has 0 fully saturated rings. The largest absolute Gasteiger partial charge is 0.462 e. The van der Waals surface area contributed by atoms with Crippen molar-refractivity contribution in [2.45, 2.75) is 32.6 Å². The molecule has 136 valence electrons. The van der Waals surface area contributed by atoms with Crippen LogP contribution in [0.3, 0.4) is 0 Å². The Morgan fingerprint density at radius 1 is 1.42 bits per heavy atom. The minimum Gasteiger partial charge on any atom is -0.462 e. The lowest BCUT2D eigenvalue weighted by Gasteiger charge is -2.11. The Morgan fingerprint density at radius 2 is 2.19 bits per heavy atom. The first-order valence-electron chi connectivity index (χ1n) is 8.31. The van der Waals surface area contributed by atoms with E-state index in [1.54, 1.807) is 6.92 Å². The number of rotatable bonds is 5. The number of non-ortho nitro benzene ring substituents is 1. The molecule has 2 aromatic rings. The van der Waals surface area contributed by atoms with Crippen LogP contribution in [0.25, 0.3) is 0 Å². The summed E-state index contributed by atoms with van der Waals surface area (Å²) in [4.78, 5) is 28.5. The van der Waals surface area contributed by atoms with Gasteiger partial charge in [0, 0.05) is 33.8 Å². The molecule has 0 saturated carbocycles. The predicted octanol–water partition coefficient (Wildman–Crippen LogP) is 5.12. The number of benzene rings is 1. The van der Waals surface area contributed by atoms with Gasteiger partial charge in [-0.15, -0.1) is 11.3 Å². The van der Waals surface area contributed by atoms with Gasteiger partial charge in [-0.25, -0.2) is 9.79 Å². The molecule has 1 aromatic carbocycles. The van der Waals surface area contributed by atoms with Crippen LogP contribution in [0.4, 0.5) is 10.7 Å². The number of carbonyl (C=O) groups is 1. The predicted molar refractivity (Wildman–Crippen MR) is 102 cm³/mol. The number of carbonyl (C=O) groups excluding carboxylic acids is 1. The molecule has 1 aliphatic rings. The first-order valence-corrected chi connectivity index (χ1v) is 9.50. The highest BCUT2D eigenvalue weighted by molar-refractivity contribution is 7.16. The third kappa shape index (κ3) is 3.78. The zero-order valence-electron chi connectivity index (χ0n) is 14.2. The van der Waals surface area contributed by atoms with Crippen LogP contribution in [0.15, 0.2) is 23.2 Å². The molecule has 0 atom stereocenters. The van der Waals surface area contributed by atoms with E-state index in [0.717, 1.165) is 36.1 Å². The van der Waals surface area contributed by atoms with Gasteiger partial charge in [0.05, 0.1) is 17.1 Å². The first-order chi connectivity index (χ1) is 12.5. The number of nitro groups is 1. The molecule has 1 aromatic heterocycles. The van der Waals surface area contributed by atoms with Crippen molar-refractivity contribution in [1.29, 1.82) is 0 Å². The van der Waals surface area contributed by atoms with E-state index >= 15 is 0 Å². The summed E-state index contributed by atoms with van der Waals surface area (Å²) in [6.45, 7) is 2.06. The third-order valence-electron chi connectivity index (χ3n) is 4.14. The first kappa shape index (κ1) is 18.5. The maximum Gasteiger partial charge on any atom is 0.341 e. The van der Waals surface area contributed by atoms with Crippen LogP contribution < -0.4 is 0 Å². The SMILES string of the molecule is CCOC(=O)c1c(N=Cc2cc([N+](=O)[O-])ccc2Cl)sc2c1CCCC2. The number of fused-ring (bicyclic) bond motifs is 1. The number of hydrogen-bond acceptors (Lipinski definition) is 6. The summed E-state index contributed by atoms with van der Waals surface area (Å²) < 4.78 is 5.20. The van der Waals surface area contributed by atoms with Gasteiger partial charge in [-0.1, -0.05) is 11.6 Å². The fraction of sp³-hybridized carbons (Fsp3) is 0.333. The van der Waals surface area contributed by atoms with Crippen LogP contribution in [-0.4, -0.2) is 23.7 Å². The summed E-state index contributed by atoms with van der Waals surface area (Å²) in [7, 11) is 0. The summed E-state index contributed by atoms with van der Waals surface area (Å²) in [5.41, 5.74) is 1.91. The molecule has 0 unspecified atom stereocenters. The molecule has 0 spiro atoms. The molecule has 1 heterocycles. The summed E-state index contributed by atoms with van der Waals surface area (Å²) in [5, 5.41) is 11.9. The van der Waals surface area contributed by atoms with Crippen LogP contribution in [0.2, 0.25) is 5.02 Å². The smallest absolute Gasteiger partial charge is 0.341 e. The number of nitrogens with zero attached hydrogens (tertiary/aromatic N) is 2. The van der Waals surface area contributed by atoms with Crippen molar-refractivity contribution in [1.82, 2.24) is 0 Å². The highest BCUT2D eigenvalue weighted by atomic mass is 35.5. The standard InChI is InChI=1S/C18H17ClN2O4S/c1-2-25-18(22)16-13-5-3-4-6-15(13)26-17(16)20-10-11-9-12(21(23)24)7-8-14(11)19/h7-10H,2-6H2,1H3. The Morgan fingerprint density at radius 3 is 2.92 bits per heavy atom. The van der Waals surface area contributed by atoms with Gasteiger partial charge in [-0.05, 0) is 44.2 Å². The molecule has 0 radical (unpaired) electrons. The van der Waals surface area contributed by atoms with Gasteiger partial charge in [0.1, 0.15) is 5.00 Å². The molecule has 0 bridgehead atoms. The van der Waals surface area contributed by atoms with Crippen LogP contribution in [-0.2, 0) is 17.6 Å². The van der Waals surface area contributed by atoms with Gasteiger partial charge < -0.3 is 4.74 Å². The molecule has 0 saturated heterocycles. The highest BCUT2D eigenvalue weighted by Gasteiger charge is 2.26. The molecular formula is C18H17ClN2O4S. The Hall–Kier alpha value is -2.25. The van der Waals surface area contributed by atoms with Crippen LogP contribution in [0, 0.1) is 10.1 Å². The Bertz CT molecular complexity index is 892. The normalized spacial score (nSPS) is 13.6. The molecule has 8 heteroatoms. The van der Waals surface area contributed by atoms with Crippen LogP contribution >= 0.6 is 22.9 Å². The second-order valence-electron chi connectivity index (χ2n) is 5.83. The summed E-state index contributed by atoms with van der Waals surface area (Å²) in [6, 6.07) is 4.17. The second-order valence-corrected chi connectivity index (χ2v) is 7.32. The fourth-order valence-corrected chi connectivity index (χ4v) is 4.32. The van der Waals surface area contributed by atoms with E-state index in [4.69, 9.17) is 16.3 Å². The Kier molecular flexibility index (Phi) is 5.68. The van der Waals surface area contributed by atoms with E-state index in [9.17, 15) is 14.9 Å². The number of esters is 1. The minimum absolute atomic E-state index is 0.0630. The number of thiophene rings is 1. The van der Waals surface area contributed by atoms with E-state index in [2.05, 4.69) is 4.99 Å². The lowest BCUT2D eigenvalue weighted by atomic mass is 9.95. The van der Waals surface area contributed by atoms with Crippen LogP contribution in [0.1, 0.15) is 46.1 Å². The van der Waals surface area contributed by atoms with Crippen molar-refractivity contribution in [2.24, 2.45) is 4.99 Å². The second kappa shape index (κ2) is 7.97. The molecule has 6 nitrogen and oxygen atoms in total. The topological polar surface area (TPSA) is 81.8 Å². The van der Waals surface area contributed by atoms with Crippen molar-refractivity contribution in [2.75, 3.05) is 6.61 Å². The zero-order valence-corrected chi connectivity index (χ0v) is 15.7. The van der Waals surface area contributed by atoms with Gasteiger partial charge in [-0.2, -0.15) is 0 Å².